The number of hydrogen-bond acceptors (Lipinski definition) is 8. The molecular formula is C38H52N8O6. The van der Waals surface area contributed by atoms with Gasteiger partial charge < -0.3 is 40.6 Å². The molecule has 4 atom stereocenters. The number of unbranched alkanes of at least 4 members (excludes halogenated alkanes) is 1. The number of benzene rings is 2. The van der Waals surface area contributed by atoms with E-state index in [0.29, 0.717) is 38.0 Å². The van der Waals surface area contributed by atoms with Gasteiger partial charge in [0.05, 0.1) is 19.7 Å². The number of aliphatic imine (C=N–C) groups is 1. The Labute approximate surface area is 305 Å². The molecule has 0 fully saturated rings. The van der Waals surface area contributed by atoms with Crippen molar-refractivity contribution in [2.45, 2.75) is 71.0 Å². The minimum absolute atomic E-state index is 0.0131. The summed E-state index contributed by atoms with van der Waals surface area (Å²) in [6, 6.07) is 14.7. The zero-order chi connectivity index (χ0) is 37.8. The molecule has 1 aliphatic rings. The zero-order valence-electron chi connectivity index (χ0n) is 30.8. The molecule has 4 rings (SSSR count). The summed E-state index contributed by atoms with van der Waals surface area (Å²) in [6.07, 6.45) is 3.77. The van der Waals surface area contributed by atoms with Crippen molar-refractivity contribution >= 4 is 29.6 Å². The SMILES string of the molecule is CC[C@@H](C)[C@@H]1NC(=O)CN(CCc2ccc(OC)cc2)C(=O)[C@H](CCCCN=C(N)N)N(C)C(=O)CN([C@@H](C)c2ccccc2)C(=O)c2coc1n2. The molecule has 52 heavy (non-hydrogen) atoms. The van der Waals surface area contributed by atoms with Crippen LogP contribution >= 0.6 is 0 Å². The number of nitrogens with one attached hydrogen (secondary N) is 1. The maximum atomic E-state index is 14.6. The van der Waals surface area contributed by atoms with Crippen LogP contribution in [0.4, 0.5) is 0 Å². The van der Waals surface area contributed by atoms with Gasteiger partial charge in [-0.25, -0.2) is 4.98 Å². The number of nitrogens with two attached hydrogens (primary N) is 2. The zero-order valence-corrected chi connectivity index (χ0v) is 30.8. The van der Waals surface area contributed by atoms with Crippen molar-refractivity contribution in [3.8, 4) is 5.75 Å². The number of carbonyl (C=O) groups is 4. The third-order valence-electron chi connectivity index (χ3n) is 9.65. The van der Waals surface area contributed by atoms with E-state index in [1.807, 2.05) is 75.4 Å². The molecule has 2 bridgehead atoms. The Morgan fingerprint density at radius 2 is 1.75 bits per heavy atom. The lowest BCUT2D eigenvalue weighted by atomic mass is 9.99. The first-order valence-corrected chi connectivity index (χ1v) is 17.8. The Balaban J connectivity index is 1.76. The van der Waals surface area contributed by atoms with Gasteiger partial charge in [0.15, 0.2) is 11.7 Å². The first kappa shape index (κ1) is 39.4. The summed E-state index contributed by atoms with van der Waals surface area (Å²) in [5.41, 5.74) is 12.8. The number of hydrogen-bond donors (Lipinski definition) is 3. The molecule has 14 heteroatoms. The standard InChI is InChI=1S/C38H52N8O6/c1-6-25(2)34-35-42-30(24-52-35)36(49)46(26(3)28-12-8-7-9-13-28)23-33(48)44(4)31(14-10-11-20-41-38(39)40)37(50)45(22-32(47)43-34)21-19-27-15-17-29(51-5)18-16-27/h7-9,12-13,15-18,24-26,31,34H,6,10-11,14,19-23H2,1-5H3,(H,43,47)(H4,39,40,41)/t25-,26+,31+,34+/m1/s1. The molecule has 0 aliphatic carbocycles. The van der Waals surface area contributed by atoms with Gasteiger partial charge in [-0.2, -0.15) is 0 Å². The molecule has 0 spiro atoms. The highest BCUT2D eigenvalue weighted by Crippen LogP contribution is 2.27. The third kappa shape index (κ3) is 10.3. The summed E-state index contributed by atoms with van der Waals surface area (Å²) in [6.45, 7) is 5.74. The summed E-state index contributed by atoms with van der Waals surface area (Å²) in [5, 5.41) is 3.03. The van der Waals surface area contributed by atoms with Crippen LogP contribution in [0, 0.1) is 5.92 Å². The van der Waals surface area contributed by atoms with Crippen molar-refractivity contribution in [1.82, 2.24) is 25.0 Å². The van der Waals surface area contributed by atoms with Crippen molar-refractivity contribution in [3.63, 3.8) is 0 Å². The molecule has 4 amide bonds. The Morgan fingerprint density at radius 1 is 1.04 bits per heavy atom. The molecule has 2 aromatic carbocycles. The summed E-state index contributed by atoms with van der Waals surface area (Å²) >= 11 is 0. The van der Waals surface area contributed by atoms with E-state index < -0.39 is 35.8 Å². The van der Waals surface area contributed by atoms with Crippen LogP contribution in [0.1, 0.15) is 86.0 Å². The molecule has 2 heterocycles. The fraction of sp³-hybridized carbons (Fsp3) is 0.474. The van der Waals surface area contributed by atoms with E-state index in [2.05, 4.69) is 15.3 Å². The number of nitrogens with zero attached hydrogens (tertiary/aromatic N) is 5. The minimum atomic E-state index is -0.937. The smallest absolute Gasteiger partial charge is 0.276 e. The van der Waals surface area contributed by atoms with Gasteiger partial charge in [0.2, 0.25) is 23.6 Å². The Bertz CT molecular complexity index is 1670. The average Bonchev–Trinajstić information content (AvgIpc) is 3.64. The number of aromatic nitrogens is 1. The molecule has 0 saturated carbocycles. The van der Waals surface area contributed by atoms with Gasteiger partial charge in [-0.05, 0) is 61.8 Å². The van der Waals surface area contributed by atoms with E-state index in [1.54, 1.807) is 14.2 Å². The fourth-order valence-corrected chi connectivity index (χ4v) is 6.15. The van der Waals surface area contributed by atoms with E-state index >= 15 is 0 Å². The van der Waals surface area contributed by atoms with Crippen molar-refractivity contribution in [2.75, 3.05) is 40.3 Å². The summed E-state index contributed by atoms with van der Waals surface area (Å²) in [5.74, 6) is -1.04. The summed E-state index contributed by atoms with van der Waals surface area (Å²) in [4.78, 5) is 69.7. The van der Waals surface area contributed by atoms with Gasteiger partial charge in [-0.15, -0.1) is 0 Å². The lowest BCUT2D eigenvalue weighted by Crippen LogP contribution is -2.54. The predicted octanol–water partition coefficient (Wildman–Crippen LogP) is 3.45. The first-order chi connectivity index (χ1) is 24.9. The number of amides is 4. The highest BCUT2D eigenvalue weighted by atomic mass is 16.5. The van der Waals surface area contributed by atoms with E-state index in [4.69, 9.17) is 20.6 Å². The van der Waals surface area contributed by atoms with Crippen LogP contribution < -0.4 is 21.5 Å². The van der Waals surface area contributed by atoms with E-state index in [9.17, 15) is 19.2 Å². The number of oxazole rings is 1. The van der Waals surface area contributed by atoms with Crippen LogP contribution in [0.5, 0.6) is 5.75 Å². The van der Waals surface area contributed by atoms with Gasteiger partial charge in [0.25, 0.3) is 5.91 Å². The molecule has 5 N–H and O–H groups in total. The Hall–Kier alpha value is -5.40. The molecule has 0 radical (unpaired) electrons. The summed E-state index contributed by atoms with van der Waals surface area (Å²) in [7, 11) is 3.15. The molecular weight excluding hydrogens is 664 g/mol. The van der Waals surface area contributed by atoms with Crippen molar-refractivity contribution < 1.29 is 28.3 Å². The Kier molecular flexibility index (Phi) is 14.2. The predicted molar refractivity (Wildman–Crippen MR) is 197 cm³/mol. The highest BCUT2D eigenvalue weighted by molar-refractivity contribution is 5.96. The number of rotatable bonds is 13. The highest BCUT2D eigenvalue weighted by Gasteiger charge is 2.36. The molecule has 3 aromatic rings. The normalized spacial score (nSPS) is 18.7. The second-order valence-electron chi connectivity index (χ2n) is 13.2. The number of likely N-dealkylation sites (N-methyl/N-ethyl adjacent to an activating group) is 1. The molecule has 0 saturated heterocycles. The maximum absolute atomic E-state index is 14.6. The minimum Gasteiger partial charge on any atom is -0.497 e. The van der Waals surface area contributed by atoms with E-state index in [0.717, 1.165) is 11.1 Å². The molecule has 280 valence electrons. The van der Waals surface area contributed by atoms with E-state index in [1.165, 1.54) is 21.0 Å². The van der Waals surface area contributed by atoms with Crippen LogP contribution in [-0.2, 0) is 20.8 Å². The molecule has 14 nitrogen and oxygen atoms in total. The van der Waals surface area contributed by atoms with Gasteiger partial charge in [0, 0.05) is 20.1 Å². The average molecular weight is 717 g/mol. The van der Waals surface area contributed by atoms with Crippen molar-refractivity contribution in [3.05, 3.63) is 83.6 Å². The number of methoxy groups -OCH3 is 1. The van der Waals surface area contributed by atoms with Gasteiger partial charge in [0.1, 0.15) is 30.6 Å². The van der Waals surface area contributed by atoms with E-state index in [-0.39, 0.29) is 55.4 Å². The molecule has 0 unspecified atom stereocenters. The van der Waals surface area contributed by atoms with Crippen LogP contribution in [-0.4, -0.2) is 95.7 Å². The van der Waals surface area contributed by atoms with Crippen LogP contribution in [0.15, 0.2) is 70.3 Å². The van der Waals surface area contributed by atoms with Crippen molar-refractivity contribution in [1.29, 1.82) is 0 Å². The first-order valence-electron chi connectivity index (χ1n) is 17.8. The van der Waals surface area contributed by atoms with Gasteiger partial charge in [-0.3, -0.25) is 24.2 Å². The number of carbonyl (C=O) groups excluding carboxylic acids is 4. The largest absolute Gasteiger partial charge is 0.497 e. The van der Waals surface area contributed by atoms with Crippen molar-refractivity contribution in [2.24, 2.45) is 22.4 Å². The molecule has 1 aromatic heterocycles. The summed E-state index contributed by atoms with van der Waals surface area (Å²) < 4.78 is 11.1. The lowest BCUT2D eigenvalue weighted by molar-refractivity contribution is -0.146. The van der Waals surface area contributed by atoms with Gasteiger partial charge in [-0.1, -0.05) is 62.7 Å². The second-order valence-corrected chi connectivity index (χ2v) is 13.2. The number of guanidine groups is 1. The van der Waals surface area contributed by atoms with Gasteiger partial charge >= 0.3 is 0 Å². The maximum Gasteiger partial charge on any atom is 0.276 e. The van der Waals surface area contributed by atoms with Crippen LogP contribution in [0.2, 0.25) is 0 Å². The third-order valence-corrected chi connectivity index (χ3v) is 9.65. The monoisotopic (exact) mass is 716 g/mol. The topological polar surface area (TPSA) is 190 Å². The lowest BCUT2D eigenvalue weighted by Gasteiger charge is -2.35. The number of fused-ring (bicyclic) bond motifs is 2. The van der Waals surface area contributed by atoms with Crippen LogP contribution in [0.25, 0.3) is 0 Å². The molecule has 1 aliphatic heterocycles. The van der Waals surface area contributed by atoms with Crippen LogP contribution in [0.3, 0.4) is 0 Å². The Morgan fingerprint density at radius 3 is 2.40 bits per heavy atom. The second kappa shape index (κ2) is 18.7. The quantitative estimate of drug-likeness (QED) is 0.135. The fourth-order valence-electron chi connectivity index (χ4n) is 6.15. The number of ether oxygens (including phenoxy) is 1.